The van der Waals surface area contributed by atoms with Crippen molar-refractivity contribution in [2.24, 2.45) is 0 Å². The average molecular weight is 192 g/mol. The number of rotatable bonds is 3. The van der Waals surface area contributed by atoms with Gasteiger partial charge in [-0.1, -0.05) is 0 Å². The number of amides is 1. The van der Waals surface area contributed by atoms with E-state index >= 15 is 0 Å². The molecule has 0 aliphatic rings. The van der Waals surface area contributed by atoms with Crippen LogP contribution in [0.5, 0.6) is 0 Å². The fourth-order valence-electron chi connectivity index (χ4n) is 0.986. The van der Waals surface area contributed by atoms with Crippen LogP contribution < -0.4 is 5.32 Å². The lowest BCUT2D eigenvalue weighted by atomic mass is 10.2. The van der Waals surface area contributed by atoms with Gasteiger partial charge in [-0.25, -0.2) is 0 Å². The Morgan fingerprint density at radius 2 is 2.14 bits per heavy atom. The monoisotopic (exact) mass is 192 g/mol. The van der Waals surface area contributed by atoms with E-state index in [9.17, 15) is 9.59 Å². The van der Waals surface area contributed by atoms with E-state index in [1.54, 1.807) is 12.3 Å². The molecule has 0 saturated heterocycles. The normalized spacial score (nSPS) is 9.57. The molecule has 0 atom stereocenters. The van der Waals surface area contributed by atoms with Crippen LogP contribution in [0, 0.1) is 6.92 Å². The molecule has 1 aromatic heterocycles. The number of Topliss-reactive ketones (excluding diaryl/α,β-unsaturated/α-hetero) is 1. The third-order valence-electron chi connectivity index (χ3n) is 1.64. The van der Waals surface area contributed by atoms with E-state index in [1.807, 2.05) is 6.92 Å². The molecular weight excluding hydrogens is 180 g/mol. The number of hydrogen-bond acceptors (Lipinski definition) is 3. The maximum absolute atomic E-state index is 11.4. The molecule has 4 nitrogen and oxygen atoms in total. The van der Waals surface area contributed by atoms with Gasteiger partial charge in [-0.15, -0.1) is 0 Å². The van der Waals surface area contributed by atoms with Gasteiger partial charge in [-0.2, -0.15) is 0 Å². The van der Waals surface area contributed by atoms with E-state index in [-0.39, 0.29) is 18.2 Å². The van der Waals surface area contributed by atoms with Crippen LogP contribution in [0.4, 0.5) is 0 Å². The molecule has 1 aromatic rings. The van der Waals surface area contributed by atoms with Crippen molar-refractivity contribution < 1.29 is 9.59 Å². The van der Waals surface area contributed by atoms with E-state index in [1.165, 1.54) is 13.1 Å². The number of aromatic nitrogens is 1. The topological polar surface area (TPSA) is 59.1 Å². The van der Waals surface area contributed by atoms with Gasteiger partial charge in [-0.05, 0) is 25.5 Å². The molecule has 0 bridgehead atoms. The second-order valence-corrected chi connectivity index (χ2v) is 3.14. The van der Waals surface area contributed by atoms with Crippen LogP contribution in [0.2, 0.25) is 0 Å². The van der Waals surface area contributed by atoms with Crippen molar-refractivity contribution >= 4 is 11.7 Å². The minimum atomic E-state index is -0.267. The molecule has 1 rings (SSSR count). The Labute approximate surface area is 82.3 Å². The van der Waals surface area contributed by atoms with Crippen molar-refractivity contribution in [3.8, 4) is 0 Å². The van der Waals surface area contributed by atoms with E-state index < -0.39 is 0 Å². The first kappa shape index (κ1) is 10.4. The van der Waals surface area contributed by atoms with Gasteiger partial charge in [0, 0.05) is 12.4 Å². The molecule has 4 heteroatoms. The molecule has 0 unspecified atom stereocenters. The summed E-state index contributed by atoms with van der Waals surface area (Å²) in [4.78, 5) is 25.9. The van der Waals surface area contributed by atoms with Gasteiger partial charge in [0.2, 0.25) is 0 Å². The Morgan fingerprint density at radius 1 is 1.43 bits per heavy atom. The van der Waals surface area contributed by atoms with Crippen LogP contribution in [-0.4, -0.2) is 23.2 Å². The van der Waals surface area contributed by atoms with Crippen molar-refractivity contribution in [2.75, 3.05) is 6.54 Å². The second kappa shape index (κ2) is 4.50. The molecule has 14 heavy (non-hydrogen) atoms. The van der Waals surface area contributed by atoms with Crippen molar-refractivity contribution in [3.05, 3.63) is 29.6 Å². The molecule has 0 saturated carbocycles. The molecule has 0 aliphatic heterocycles. The van der Waals surface area contributed by atoms with Gasteiger partial charge >= 0.3 is 0 Å². The molecular formula is C10H12N2O2. The van der Waals surface area contributed by atoms with Gasteiger partial charge in [0.05, 0.1) is 12.1 Å². The number of carbonyl (C=O) groups excluding carboxylic acids is 2. The van der Waals surface area contributed by atoms with Crippen molar-refractivity contribution in [2.45, 2.75) is 13.8 Å². The Kier molecular flexibility index (Phi) is 3.34. The number of nitrogens with zero attached hydrogens (tertiary/aromatic N) is 1. The van der Waals surface area contributed by atoms with Gasteiger partial charge in [0.1, 0.15) is 5.78 Å². The summed E-state index contributed by atoms with van der Waals surface area (Å²) < 4.78 is 0. The largest absolute Gasteiger partial charge is 0.345 e. The van der Waals surface area contributed by atoms with E-state index in [4.69, 9.17) is 0 Å². The lowest BCUT2D eigenvalue weighted by Gasteiger charge is -2.02. The summed E-state index contributed by atoms with van der Waals surface area (Å²) >= 11 is 0. The standard InChI is InChI=1S/C10H12N2O2/c1-7-3-9(6-11-4-7)10(14)12-5-8(2)13/h3-4,6H,5H2,1-2H3,(H,12,14). The fourth-order valence-corrected chi connectivity index (χ4v) is 0.986. The van der Waals surface area contributed by atoms with Crippen LogP contribution in [0.3, 0.4) is 0 Å². The fraction of sp³-hybridized carbons (Fsp3) is 0.300. The Hall–Kier alpha value is -1.71. The Bertz CT molecular complexity index is 361. The molecule has 1 amide bonds. The number of carbonyl (C=O) groups is 2. The zero-order valence-corrected chi connectivity index (χ0v) is 8.20. The molecule has 74 valence electrons. The lowest BCUT2D eigenvalue weighted by molar-refractivity contribution is -0.116. The summed E-state index contributed by atoms with van der Waals surface area (Å²) in [5.74, 6) is -0.338. The third-order valence-corrected chi connectivity index (χ3v) is 1.64. The van der Waals surface area contributed by atoms with Crippen molar-refractivity contribution in [1.82, 2.24) is 10.3 Å². The molecule has 0 spiro atoms. The number of ketones is 1. The first-order valence-electron chi connectivity index (χ1n) is 4.29. The number of pyridine rings is 1. The Balaban J connectivity index is 2.65. The quantitative estimate of drug-likeness (QED) is 0.767. The molecule has 0 radical (unpaired) electrons. The lowest BCUT2D eigenvalue weighted by Crippen LogP contribution is -2.28. The van der Waals surface area contributed by atoms with Gasteiger partial charge in [-0.3, -0.25) is 14.6 Å². The predicted molar refractivity (Wildman–Crippen MR) is 52.0 cm³/mol. The highest BCUT2D eigenvalue weighted by Gasteiger charge is 2.05. The molecule has 1 N–H and O–H groups in total. The summed E-state index contributed by atoms with van der Waals surface area (Å²) in [7, 11) is 0. The first-order valence-corrected chi connectivity index (χ1v) is 4.29. The van der Waals surface area contributed by atoms with Crippen molar-refractivity contribution in [1.29, 1.82) is 0 Å². The molecule has 0 aliphatic carbocycles. The van der Waals surface area contributed by atoms with E-state index in [2.05, 4.69) is 10.3 Å². The van der Waals surface area contributed by atoms with Crippen molar-refractivity contribution in [3.63, 3.8) is 0 Å². The third kappa shape index (κ3) is 2.97. The zero-order valence-electron chi connectivity index (χ0n) is 8.20. The molecule has 0 fully saturated rings. The van der Waals surface area contributed by atoms with Gasteiger partial charge in [0.25, 0.3) is 5.91 Å². The molecule has 0 aromatic carbocycles. The molecule has 1 heterocycles. The predicted octanol–water partition coefficient (Wildman–Crippen LogP) is 0.709. The number of aryl methyl sites for hydroxylation is 1. The van der Waals surface area contributed by atoms with Crippen LogP contribution in [0.25, 0.3) is 0 Å². The highest BCUT2D eigenvalue weighted by Crippen LogP contribution is 2.00. The number of hydrogen-bond donors (Lipinski definition) is 1. The minimum Gasteiger partial charge on any atom is -0.345 e. The van der Waals surface area contributed by atoms with Gasteiger partial charge in [0.15, 0.2) is 0 Å². The van der Waals surface area contributed by atoms with E-state index in [0.717, 1.165) is 5.56 Å². The first-order chi connectivity index (χ1) is 6.59. The Morgan fingerprint density at radius 3 is 2.71 bits per heavy atom. The minimum absolute atomic E-state index is 0.0623. The van der Waals surface area contributed by atoms with Crippen LogP contribution in [0.1, 0.15) is 22.8 Å². The summed E-state index contributed by atoms with van der Waals surface area (Å²) in [5, 5.41) is 2.50. The summed E-state index contributed by atoms with van der Waals surface area (Å²) in [6, 6.07) is 1.72. The van der Waals surface area contributed by atoms with Crippen LogP contribution in [-0.2, 0) is 4.79 Å². The summed E-state index contributed by atoms with van der Waals surface area (Å²) in [5.41, 5.74) is 1.40. The van der Waals surface area contributed by atoms with Crippen LogP contribution in [0.15, 0.2) is 18.5 Å². The summed E-state index contributed by atoms with van der Waals surface area (Å²) in [6.45, 7) is 3.34. The maximum atomic E-state index is 11.4. The number of nitrogens with one attached hydrogen (secondary N) is 1. The maximum Gasteiger partial charge on any atom is 0.253 e. The highest BCUT2D eigenvalue weighted by atomic mass is 16.2. The summed E-state index contributed by atoms with van der Waals surface area (Å²) in [6.07, 6.45) is 3.14. The van der Waals surface area contributed by atoms with Gasteiger partial charge < -0.3 is 5.32 Å². The van der Waals surface area contributed by atoms with E-state index in [0.29, 0.717) is 5.56 Å². The second-order valence-electron chi connectivity index (χ2n) is 3.14. The average Bonchev–Trinajstić information content (AvgIpc) is 2.14. The smallest absolute Gasteiger partial charge is 0.253 e. The van der Waals surface area contributed by atoms with Crippen LogP contribution >= 0.6 is 0 Å². The highest BCUT2D eigenvalue weighted by molar-refractivity contribution is 5.96. The zero-order chi connectivity index (χ0) is 10.6. The SMILES string of the molecule is CC(=O)CNC(=O)c1cncc(C)c1.